The van der Waals surface area contributed by atoms with Crippen LogP contribution in [0.15, 0.2) is 42.5 Å². The van der Waals surface area contributed by atoms with Gasteiger partial charge >= 0.3 is 0 Å². The highest BCUT2D eigenvalue weighted by atomic mass is 16.5. The first-order valence-electron chi connectivity index (χ1n) is 7.96. The molecule has 0 spiro atoms. The van der Waals surface area contributed by atoms with E-state index >= 15 is 0 Å². The van der Waals surface area contributed by atoms with Gasteiger partial charge in [0.1, 0.15) is 23.4 Å². The number of aromatic hydroxyl groups is 1. The molecule has 0 aromatic heterocycles. The number of phenolic OH excluding ortho intramolecular Hbond substituents is 1. The number of hydrogen-bond donors (Lipinski definition) is 1. The summed E-state index contributed by atoms with van der Waals surface area (Å²) in [6.07, 6.45) is 0.877. The predicted octanol–water partition coefficient (Wildman–Crippen LogP) is 3.62. The van der Waals surface area contributed by atoms with Gasteiger partial charge in [0, 0.05) is 18.5 Å². The molecule has 1 heterocycles. The van der Waals surface area contributed by atoms with E-state index in [-0.39, 0.29) is 11.9 Å². The largest absolute Gasteiger partial charge is 0.508 e. The van der Waals surface area contributed by atoms with E-state index in [1.165, 1.54) is 5.56 Å². The van der Waals surface area contributed by atoms with Crippen molar-refractivity contribution in [1.29, 1.82) is 0 Å². The molecule has 0 fully saturated rings. The summed E-state index contributed by atoms with van der Waals surface area (Å²) in [4.78, 5) is 2.33. The Bertz CT molecular complexity index is 667. The van der Waals surface area contributed by atoms with Gasteiger partial charge in [-0.05, 0) is 43.7 Å². The van der Waals surface area contributed by atoms with E-state index in [0.717, 1.165) is 30.2 Å². The van der Waals surface area contributed by atoms with Crippen molar-refractivity contribution in [3.63, 3.8) is 0 Å². The molecular formula is C19H23NO3. The fourth-order valence-corrected chi connectivity index (χ4v) is 2.99. The SMILES string of the molecule is COc1ccc(CC2CN(C(C)C)c3ccc(O)cc3O2)cc1. The second kappa shape index (κ2) is 6.41. The average molecular weight is 313 g/mol. The van der Waals surface area contributed by atoms with Crippen molar-refractivity contribution >= 4 is 5.69 Å². The molecule has 1 aliphatic rings. The van der Waals surface area contributed by atoms with Crippen LogP contribution in [-0.4, -0.2) is 30.9 Å². The Balaban J connectivity index is 1.81. The first kappa shape index (κ1) is 15.5. The number of ether oxygens (including phenoxy) is 2. The molecule has 122 valence electrons. The van der Waals surface area contributed by atoms with E-state index in [0.29, 0.717) is 6.04 Å². The molecular weight excluding hydrogens is 290 g/mol. The molecule has 1 aliphatic heterocycles. The van der Waals surface area contributed by atoms with Gasteiger partial charge in [-0.1, -0.05) is 12.1 Å². The summed E-state index contributed by atoms with van der Waals surface area (Å²) in [6, 6.07) is 13.8. The summed E-state index contributed by atoms with van der Waals surface area (Å²) in [5, 5.41) is 9.73. The van der Waals surface area contributed by atoms with Crippen LogP contribution in [0.5, 0.6) is 17.2 Å². The van der Waals surface area contributed by atoms with Gasteiger partial charge in [0.05, 0.1) is 19.3 Å². The lowest BCUT2D eigenvalue weighted by molar-refractivity contribution is 0.190. The molecule has 0 saturated carbocycles. The van der Waals surface area contributed by atoms with E-state index in [2.05, 4.69) is 30.9 Å². The third-order valence-corrected chi connectivity index (χ3v) is 4.19. The Labute approximate surface area is 137 Å². The molecule has 4 nitrogen and oxygen atoms in total. The maximum Gasteiger partial charge on any atom is 0.146 e. The average Bonchev–Trinajstić information content (AvgIpc) is 2.54. The summed E-state index contributed by atoms with van der Waals surface area (Å²) in [6.45, 7) is 5.18. The Kier molecular flexibility index (Phi) is 4.33. The van der Waals surface area contributed by atoms with Crippen LogP contribution >= 0.6 is 0 Å². The molecule has 0 aliphatic carbocycles. The van der Waals surface area contributed by atoms with Gasteiger partial charge in [-0.25, -0.2) is 0 Å². The Morgan fingerprint density at radius 2 is 1.96 bits per heavy atom. The lowest BCUT2D eigenvalue weighted by Crippen LogP contribution is -2.44. The Hall–Kier alpha value is -2.36. The first-order chi connectivity index (χ1) is 11.1. The lowest BCUT2D eigenvalue weighted by atomic mass is 10.0. The molecule has 3 rings (SSSR count). The maximum atomic E-state index is 9.73. The minimum atomic E-state index is 0.0556. The minimum Gasteiger partial charge on any atom is -0.508 e. The van der Waals surface area contributed by atoms with Crippen LogP contribution in [0.3, 0.4) is 0 Å². The molecule has 0 saturated heterocycles. The van der Waals surface area contributed by atoms with Crippen LogP contribution in [0.2, 0.25) is 0 Å². The van der Waals surface area contributed by atoms with Crippen LogP contribution < -0.4 is 14.4 Å². The number of hydrogen-bond acceptors (Lipinski definition) is 4. The van der Waals surface area contributed by atoms with Crippen LogP contribution in [0.4, 0.5) is 5.69 Å². The van der Waals surface area contributed by atoms with Crippen molar-refractivity contribution in [3.05, 3.63) is 48.0 Å². The van der Waals surface area contributed by atoms with E-state index in [9.17, 15) is 5.11 Å². The predicted molar refractivity (Wildman–Crippen MR) is 91.7 cm³/mol. The number of anilines is 1. The molecule has 1 unspecified atom stereocenters. The monoisotopic (exact) mass is 313 g/mol. The van der Waals surface area contributed by atoms with Gasteiger partial charge in [0.2, 0.25) is 0 Å². The summed E-state index contributed by atoms with van der Waals surface area (Å²) in [7, 11) is 1.67. The third kappa shape index (κ3) is 3.36. The molecule has 0 radical (unpaired) electrons. The lowest BCUT2D eigenvalue weighted by Gasteiger charge is -2.39. The summed E-state index contributed by atoms with van der Waals surface area (Å²) < 4.78 is 11.3. The van der Waals surface area contributed by atoms with Crippen molar-refractivity contribution in [2.75, 3.05) is 18.6 Å². The summed E-state index contributed by atoms with van der Waals surface area (Å²) in [5.41, 5.74) is 2.26. The first-order valence-corrected chi connectivity index (χ1v) is 7.96. The van der Waals surface area contributed by atoms with E-state index in [4.69, 9.17) is 9.47 Å². The zero-order valence-electron chi connectivity index (χ0n) is 13.8. The third-order valence-electron chi connectivity index (χ3n) is 4.19. The van der Waals surface area contributed by atoms with Crippen molar-refractivity contribution in [1.82, 2.24) is 0 Å². The standard InChI is InChI=1S/C19H23NO3/c1-13(2)20-12-17(10-14-4-7-16(22-3)8-5-14)23-19-11-15(21)6-9-18(19)20/h4-9,11,13,17,21H,10,12H2,1-3H3. The Morgan fingerprint density at radius 3 is 2.61 bits per heavy atom. The smallest absolute Gasteiger partial charge is 0.146 e. The molecule has 1 N–H and O–H groups in total. The van der Waals surface area contributed by atoms with Gasteiger partial charge in [-0.3, -0.25) is 0 Å². The van der Waals surface area contributed by atoms with Crippen molar-refractivity contribution in [3.8, 4) is 17.2 Å². The number of nitrogens with zero attached hydrogens (tertiary/aromatic N) is 1. The number of benzene rings is 2. The van der Waals surface area contributed by atoms with Crippen molar-refractivity contribution in [2.24, 2.45) is 0 Å². The fraction of sp³-hybridized carbons (Fsp3) is 0.368. The highest BCUT2D eigenvalue weighted by Gasteiger charge is 2.27. The molecule has 2 aromatic rings. The molecule has 1 atom stereocenters. The fourth-order valence-electron chi connectivity index (χ4n) is 2.99. The van der Waals surface area contributed by atoms with Crippen molar-refractivity contribution < 1.29 is 14.6 Å². The van der Waals surface area contributed by atoms with E-state index in [1.54, 1.807) is 19.2 Å². The van der Waals surface area contributed by atoms with Gasteiger partial charge in [-0.2, -0.15) is 0 Å². The molecule has 0 amide bonds. The maximum absolute atomic E-state index is 9.73. The Morgan fingerprint density at radius 1 is 1.22 bits per heavy atom. The number of phenols is 1. The van der Waals surface area contributed by atoms with Crippen LogP contribution in [0, 0.1) is 0 Å². The van der Waals surface area contributed by atoms with Crippen LogP contribution in [0.1, 0.15) is 19.4 Å². The summed E-state index contributed by atoms with van der Waals surface area (Å²) >= 11 is 0. The van der Waals surface area contributed by atoms with Gasteiger partial charge in [-0.15, -0.1) is 0 Å². The second-order valence-electron chi connectivity index (χ2n) is 6.19. The molecule has 23 heavy (non-hydrogen) atoms. The van der Waals surface area contributed by atoms with Crippen LogP contribution in [0.25, 0.3) is 0 Å². The molecule has 2 aromatic carbocycles. The topological polar surface area (TPSA) is 41.9 Å². The zero-order chi connectivity index (χ0) is 16.4. The second-order valence-corrected chi connectivity index (χ2v) is 6.19. The highest BCUT2D eigenvalue weighted by molar-refractivity contribution is 5.63. The summed E-state index contributed by atoms with van der Waals surface area (Å²) in [5.74, 6) is 1.85. The number of rotatable bonds is 4. The zero-order valence-corrected chi connectivity index (χ0v) is 13.8. The quantitative estimate of drug-likeness (QED) is 0.936. The highest BCUT2D eigenvalue weighted by Crippen LogP contribution is 2.37. The minimum absolute atomic E-state index is 0.0556. The molecule has 4 heteroatoms. The van der Waals surface area contributed by atoms with E-state index in [1.807, 2.05) is 18.2 Å². The number of fused-ring (bicyclic) bond motifs is 1. The molecule has 0 bridgehead atoms. The van der Waals surface area contributed by atoms with Gasteiger partial charge in [0.25, 0.3) is 0 Å². The van der Waals surface area contributed by atoms with Gasteiger partial charge < -0.3 is 19.5 Å². The van der Waals surface area contributed by atoms with Crippen molar-refractivity contribution in [2.45, 2.75) is 32.4 Å². The van der Waals surface area contributed by atoms with Crippen LogP contribution in [-0.2, 0) is 6.42 Å². The normalized spacial score (nSPS) is 16.9. The van der Waals surface area contributed by atoms with E-state index < -0.39 is 0 Å². The van der Waals surface area contributed by atoms with Gasteiger partial charge in [0.15, 0.2) is 0 Å². The number of methoxy groups -OCH3 is 1.